The molecule has 1 amide bonds. The predicted molar refractivity (Wildman–Crippen MR) is 143 cm³/mol. The van der Waals surface area contributed by atoms with Crippen LogP contribution in [0.4, 0.5) is 11.5 Å². The summed E-state index contributed by atoms with van der Waals surface area (Å²) in [5.41, 5.74) is 8.46. The zero-order valence-electron chi connectivity index (χ0n) is 21.5. The Kier molecular flexibility index (Phi) is 7.30. The number of nitrogens with zero attached hydrogens (tertiary/aromatic N) is 7. The van der Waals surface area contributed by atoms with Gasteiger partial charge in [-0.2, -0.15) is 0 Å². The summed E-state index contributed by atoms with van der Waals surface area (Å²) in [6.45, 7) is 10.1. The van der Waals surface area contributed by atoms with Crippen LogP contribution in [-0.4, -0.2) is 80.7 Å². The quantitative estimate of drug-likeness (QED) is 0.499. The van der Waals surface area contributed by atoms with Crippen LogP contribution in [0.15, 0.2) is 28.8 Å². The molecular formula is C26H33ClN8O2. The van der Waals surface area contributed by atoms with Gasteiger partial charge in [-0.15, -0.1) is 10.2 Å². The zero-order chi connectivity index (χ0) is 26.1. The number of rotatable bonds is 5. The van der Waals surface area contributed by atoms with E-state index in [-0.39, 0.29) is 5.91 Å². The Morgan fingerprint density at radius 1 is 1.16 bits per heavy atom. The Hall–Kier alpha value is -3.24. The molecule has 5 rings (SSSR count). The number of piperidine rings is 1. The molecule has 1 aromatic carbocycles. The second-order valence-electron chi connectivity index (χ2n) is 9.79. The highest BCUT2D eigenvalue weighted by Crippen LogP contribution is 2.28. The fourth-order valence-electron chi connectivity index (χ4n) is 5.49. The summed E-state index contributed by atoms with van der Waals surface area (Å²) in [5.74, 6) is 1.78. The van der Waals surface area contributed by atoms with Gasteiger partial charge in [0.05, 0.1) is 17.5 Å². The van der Waals surface area contributed by atoms with Gasteiger partial charge < -0.3 is 20.0 Å². The smallest absolute Gasteiger partial charge is 0.267 e. The van der Waals surface area contributed by atoms with Crippen LogP contribution < -0.4 is 10.6 Å². The van der Waals surface area contributed by atoms with Crippen LogP contribution in [0.3, 0.4) is 0 Å². The maximum Gasteiger partial charge on any atom is 0.267 e. The first kappa shape index (κ1) is 25.4. The molecule has 2 aromatic heterocycles. The Morgan fingerprint density at radius 3 is 2.59 bits per heavy atom. The Morgan fingerprint density at radius 2 is 1.95 bits per heavy atom. The van der Waals surface area contributed by atoms with Crippen molar-refractivity contribution in [1.82, 2.24) is 30.0 Å². The minimum absolute atomic E-state index is 0.0161. The molecule has 3 aromatic rings. The van der Waals surface area contributed by atoms with E-state index >= 15 is 0 Å². The molecule has 2 saturated heterocycles. The maximum absolute atomic E-state index is 13.0. The number of hydrogen-bond acceptors (Lipinski definition) is 9. The molecule has 1 atom stereocenters. The van der Waals surface area contributed by atoms with E-state index in [1.807, 2.05) is 11.8 Å². The van der Waals surface area contributed by atoms with Gasteiger partial charge in [0, 0.05) is 62.4 Å². The number of aromatic nitrogens is 4. The first-order valence-corrected chi connectivity index (χ1v) is 13.2. The molecule has 1 unspecified atom stereocenters. The molecule has 0 spiro atoms. The van der Waals surface area contributed by atoms with E-state index in [0.717, 1.165) is 63.5 Å². The number of aryl methyl sites for hydroxylation is 2. The number of halogens is 1. The van der Waals surface area contributed by atoms with E-state index in [0.29, 0.717) is 45.8 Å². The van der Waals surface area contributed by atoms with Crippen molar-refractivity contribution in [3.8, 4) is 11.6 Å². The van der Waals surface area contributed by atoms with Crippen molar-refractivity contribution in [2.45, 2.75) is 52.1 Å². The van der Waals surface area contributed by atoms with Crippen LogP contribution >= 0.6 is 11.6 Å². The van der Waals surface area contributed by atoms with Crippen molar-refractivity contribution in [2.24, 2.45) is 0 Å². The molecule has 2 fully saturated rings. The Balaban J connectivity index is 1.21. The number of amides is 1. The molecule has 2 aliphatic heterocycles. The van der Waals surface area contributed by atoms with Crippen molar-refractivity contribution in [1.29, 1.82) is 0 Å². The predicted octanol–water partition coefficient (Wildman–Crippen LogP) is 3.58. The van der Waals surface area contributed by atoms with Gasteiger partial charge in [-0.05, 0) is 44.4 Å². The van der Waals surface area contributed by atoms with Gasteiger partial charge in [0.25, 0.3) is 11.8 Å². The van der Waals surface area contributed by atoms with Crippen molar-refractivity contribution in [2.75, 3.05) is 43.4 Å². The van der Waals surface area contributed by atoms with E-state index in [1.54, 1.807) is 31.3 Å². The summed E-state index contributed by atoms with van der Waals surface area (Å²) in [4.78, 5) is 29.3. The van der Waals surface area contributed by atoms with Crippen LogP contribution in [0.2, 0.25) is 5.02 Å². The second kappa shape index (κ2) is 10.6. The minimum atomic E-state index is -0.0161. The standard InChI is InChI=1S/C26H33ClN8O2/c1-4-19-15-34(24-16(2)30-23(14-29-24)25-32-31-17(3)37-25)11-12-35(19)20-7-9-33(10-8-20)26(36)21-6-5-18(27)13-22(21)28/h5-6,13-14,19-20H,4,7-12,15,28H2,1-3H3. The first-order chi connectivity index (χ1) is 17.8. The molecular weight excluding hydrogens is 492 g/mol. The van der Waals surface area contributed by atoms with Crippen LogP contribution in [0.5, 0.6) is 0 Å². The van der Waals surface area contributed by atoms with Gasteiger partial charge in [-0.3, -0.25) is 9.69 Å². The Bertz CT molecular complexity index is 1270. The lowest BCUT2D eigenvalue weighted by Crippen LogP contribution is -2.59. The van der Waals surface area contributed by atoms with E-state index in [1.165, 1.54) is 0 Å². The monoisotopic (exact) mass is 524 g/mol. The molecule has 11 heteroatoms. The fraction of sp³-hybridized carbons (Fsp3) is 0.500. The third-order valence-electron chi connectivity index (χ3n) is 7.43. The highest BCUT2D eigenvalue weighted by atomic mass is 35.5. The molecule has 2 aliphatic rings. The number of benzene rings is 1. The molecule has 4 heterocycles. The highest BCUT2D eigenvalue weighted by Gasteiger charge is 2.35. The summed E-state index contributed by atoms with van der Waals surface area (Å²) < 4.78 is 5.50. The summed E-state index contributed by atoms with van der Waals surface area (Å²) in [5, 5.41) is 8.47. The van der Waals surface area contributed by atoms with E-state index in [4.69, 9.17) is 26.7 Å². The molecule has 0 bridgehead atoms. The minimum Gasteiger partial charge on any atom is -0.420 e. The van der Waals surface area contributed by atoms with Gasteiger partial charge >= 0.3 is 0 Å². The first-order valence-electron chi connectivity index (χ1n) is 12.8. The summed E-state index contributed by atoms with van der Waals surface area (Å²) in [7, 11) is 0. The lowest BCUT2D eigenvalue weighted by atomic mass is 9.97. The fourth-order valence-corrected chi connectivity index (χ4v) is 5.67. The Labute approximate surface area is 221 Å². The van der Waals surface area contributed by atoms with Crippen molar-refractivity contribution >= 4 is 29.0 Å². The van der Waals surface area contributed by atoms with Gasteiger partial charge in [-0.25, -0.2) is 9.97 Å². The van der Waals surface area contributed by atoms with Crippen LogP contribution in [0.25, 0.3) is 11.6 Å². The molecule has 196 valence electrons. The second-order valence-corrected chi connectivity index (χ2v) is 10.2. The van der Waals surface area contributed by atoms with Gasteiger partial charge in [0.15, 0.2) is 0 Å². The number of piperazine rings is 1. The average molecular weight is 525 g/mol. The van der Waals surface area contributed by atoms with Crippen LogP contribution in [-0.2, 0) is 0 Å². The van der Waals surface area contributed by atoms with Crippen LogP contribution in [0, 0.1) is 13.8 Å². The largest absolute Gasteiger partial charge is 0.420 e. The lowest BCUT2D eigenvalue weighted by Gasteiger charge is -2.47. The van der Waals surface area contributed by atoms with Crippen molar-refractivity contribution in [3.63, 3.8) is 0 Å². The maximum atomic E-state index is 13.0. The van der Waals surface area contributed by atoms with Crippen molar-refractivity contribution < 1.29 is 9.21 Å². The van der Waals surface area contributed by atoms with E-state index < -0.39 is 0 Å². The van der Waals surface area contributed by atoms with Crippen LogP contribution in [0.1, 0.15) is 48.1 Å². The third kappa shape index (κ3) is 5.26. The SMILES string of the molecule is CCC1CN(c2ncc(-c3nnc(C)o3)nc2C)CCN1C1CCN(C(=O)c2ccc(Cl)cc2N)CC1. The van der Waals surface area contributed by atoms with E-state index in [2.05, 4.69) is 31.9 Å². The third-order valence-corrected chi connectivity index (χ3v) is 7.66. The van der Waals surface area contributed by atoms with Gasteiger partial charge in [0.1, 0.15) is 11.5 Å². The van der Waals surface area contributed by atoms with Gasteiger partial charge in [0.2, 0.25) is 5.89 Å². The summed E-state index contributed by atoms with van der Waals surface area (Å²) >= 11 is 6.00. The number of nitrogens with two attached hydrogens (primary N) is 1. The van der Waals surface area contributed by atoms with Gasteiger partial charge in [-0.1, -0.05) is 18.5 Å². The topological polar surface area (TPSA) is 118 Å². The zero-order valence-corrected chi connectivity index (χ0v) is 22.3. The summed E-state index contributed by atoms with van der Waals surface area (Å²) in [6, 6.07) is 5.94. The number of anilines is 2. The normalized spacial score (nSPS) is 19.4. The average Bonchev–Trinajstić information content (AvgIpc) is 3.34. The number of carbonyl (C=O) groups excluding carboxylic acids is 1. The molecule has 0 radical (unpaired) electrons. The molecule has 0 saturated carbocycles. The molecule has 37 heavy (non-hydrogen) atoms. The van der Waals surface area contributed by atoms with E-state index in [9.17, 15) is 4.79 Å². The molecule has 10 nitrogen and oxygen atoms in total. The number of nitrogen functional groups attached to an aromatic ring is 1. The number of carbonyl (C=O) groups is 1. The molecule has 2 N–H and O–H groups in total. The summed E-state index contributed by atoms with van der Waals surface area (Å²) in [6.07, 6.45) is 4.66. The highest BCUT2D eigenvalue weighted by molar-refractivity contribution is 6.31. The lowest BCUT2D eigenvalue weighted by molar-refractivity contribution is 0.0491. The number of hydrogen-bond donors (Lipinski definition) is 1. The molecule has 0 aliphatic carbocycles. The van der Waals surface area contributed by atoms with Crippen molar-refractivity contribution in [3.05, 3.63) is 46.6 Å². The number of likely N-dealkylation sites (tertiary alicyclic amines) is 1.